The highest BCUT2D eigenvalue weighted by atomic mass is 35.5. The van der Waals surface area contributed by atoms with Crippen LogP contribution < -0.4 is 10.6 Å². The van der Waals surface area contributed by atoms with Crippen molar-refractivity contribution in [3.05, 3.63) is 0 Å². The number of halogens is 1. The summed E-state index contributed by atoms with van der Waals surface area (Å²) in [6, 6.07) is 0. The Morgan fingerprint density at radius 3 is 2.43 bits per heavy atom. The third-order valence-electron chi connectivity index (χ3n) is 1.80. The van der Waals surface area contributed by atoms with E-state index in [-0.39, 0.29) is 17.7 Å². The van der Waals surface area contributed by atoms with Gasteiger partial charge in [0.15, 0.2) is 0 Å². The Kier molecular flexibility index (Phi) is 8.33. The monoisotopic (exact) mass is 220 g/mol. The number of rotatable bonds is 7. The lowest BCUT2D eigenvalue weighted by molar-refractivity contribution is -0.121. The maximum Gasteiger partial charge on any atom is 0.234 e. The average molecular weight is 221 g/mol. The van der Waals surface area contributed by atoms with Crippen LogP contribution in [0.25, 0.3) is 0 Å². The minimum Gasteiger partial charge on any atom is -0.359 e. The van der Waals surface area contributed by atoms with E-state index in [4.69, 9.17) is 11.6 Å². The normalized spacial score (nSPS) is 9.57. The fourth-order valence-corrected chi connectivity index (χ4v) is 1.08. The molecule has 0 aromatic carbocycles. The van der Waals surface area contributed by atoms with Crippen molar-refractivity contribution in [2.75, 3.05) is 19.5 Å². The molecule has 0 atom stereocenters. The summed E-state index contributed by atoms with van der Waals surface area (Å²) in [6.45, 7) is 0.638. The number of hydrogen-bond donors (Lipinski definition) is 2. The van der Waals surface area contributed by atoms with Crippen molar-refractivity contribution in [2.24, 2.45) is 0 Å². The molecule has 0 aliphatic rings. The van der Waals surface area contributed by atoms with Gasteiger partial charge in [-0.05, 0) is 12.8 Å². The largest absolute Gasteiger partial charge is 0.359 e. The van der Waals surface area contributed by atoms with Gasteiger partial charge in [0, 0.05) is 20.0 Å². The molecule has 0 heterocycles. The molecule has 2 N–H and O–H groups in total. The SMILES string of the molecule is CNC(=O)CCCCCNC(=O)CCl. The Morgan fingerprint density at radius 1 is 1.14 bits per heavy atom. The lowest BCUT2D eigenvalue weighted by atomic mass is 10.2. The van der Waals surface area contributed by atoms with Gasteiger partial charge in [0.1, 0.15) is 5.88 Å². The number of alkyl halides is 1. The molecule has 0 fully saturated rings. The van der Waals surface area contributed by atoms with Crippen molar-refractivity contribution in [1.82, 2.24) is 10.6 Å². The van der Waals surface area contributed by atoms with E-state index in [2.05, 4.69) is 10.6 Å². The van der Waals surface area contributed by atoms with Crippen LogP contribution in [0.15, 0.2) is 0 Å². The number of unbranched alkanes of at least 4 members (excludes halogenated alkanes) is 2. The smallest absolute Gasteiger partial charge is 0.234 e. The first-order chi connectivity index (χ1) is 6.70. The van der Waals surface area contributed by atoms with Crippen LogP contribution >= 0.6 is 11.6 Å². The molecule has 0 saturated carbocycles. The number of amides is 2. The molecule has 0 spiro atoms. The maximum absolute atomic E-state index is 10.8. The number of hydrogen-bond acceptors (Lipinski definition) is 2. The Morgan fingerprint density at radius 2 is 1.86 bits per heavy atom. The van der Waals surface area contributed by atoms with E-state index in [1.807, 2.05) is 0 Å². The second-order valence-corrected chi connectivity index (χ2v) is 3.23. The summed E-state index contributed by atoms with van der Waals surface area (Å²) in [6.07, 6.45) is 3.24. The van der Waals surface area contributed by atoms with Gasteiger partial charge in [-0.1, -0.05) is 6.42 Å². The minimum atomic E-state index is -0.141. The summed E-state index contributed by atoms with van der Waals surface area (Å²) in [5.74, 6) is -0.0640. The molecule has 0 aromatic heterocycles. The highest BCUT2D eigenvalue weighted by molar-refractivity contribution is 6.27. The first-order valence-corrected chi connectivity index (χ1v) is 5.27. The first kappa shape index (κ1) is 13.2. The van der Waals surface area contributed by atoms with E-state index in [0.29, 0.717) is 13.0 Å². The van der Waals surface area contributed by atoms with Crippen LogP contribution in [0.3, 0.4) is 0 Å². The lowest BCUT2D eigenvalue weighted by Gasteiger charge is -2.02. The van der Waals surface area contributed by atoms with Crippen molar-refractivity contribution in [3.8, 4) is 0 Å². The Labute approximate surface area is 89.4 Å². The van der Waals surface area contributed by atoms with E-state index in [1.54, 1.807) is 7.05 Å². The predicted octanol–water partition coefficient (Wildman–Crippen LogP) is 0.648. The second-order valence-electron chi connectivity index (χ2n) is 2.97. The van der Waals surface area contributed by atoms with Crippen molar-refractivity contribution >= 4 is 23.4 Å². The third kappa shape index (κ3) is 7.86. The zero-order chi connectivity index (χ0) is 10.8. The van der Waals surface area contributed by atoms with Gasteiger partial charge in [0.25, 0.3) is 0 Å². The fraction of sp³-hybridized carbons (Fsp3) is 0.778. The molecule has 14 heavy (non-hydrogen) atoms. The van der Waals surface area contributed by atoms with E-state index in [0.717, 1.165) is 19.3 Å². The quantitative estimate of drug-likeness (QED) is 0.489. The molecule has 0 radical (unpaired) electrons. The molecule has 0 saturated heterocycles. The van der Waals surface area contributed by atoms with Gasteiger partial charge in [-0.2, -0.15) is 0 Å². The van der Waals surface area contributed by atoms with Crippen LogP contribution in [0.1, 0.15) is 25.7 Å². The van der Waals surface area contributed by atoms with Gasteiger partial charge in [-0.15, -0.1) is 11.6 Å². The highest BCUT2D eigenvalue weighted by Gasteiger charge is 1.98. The van der Waals surface area contributed by atoms with Crippen molar-refractivity contribution in [2.45, 2.75) is 25.7 Å². The van der Waals surface area contributed by atoms with Gasteiger partial charge in [0.05, 0.1) is 0 Å². The van der Waals surface area contributed by atoms with Gasteiger partial charge < -0.3 is 10.6 Å². The molecular formula is C9H17ClN2O2. The van der Waals surface area contributed by atoms with Gasteiger partial charge in [0.2, 0.25) is 11.8 Å². The highest BCUT2D eigenvalue weighted by Crippen LogP contribution is 1.98. The summed E-state index contributed by atoms with van der Waals surface area (Å²) >= 11 is 5.29. The van der Waals surface area contributed by atoms with Crippen LogP contribution in [0.4, 0.5) is 0 Å². The molecule has 0 bridgehead atoms. The zero-order valence-corrected chi connectivity index (χ0v) is 9.19. The predicted molar refractivity (Wildman–Crippen MR) is 56.3 cm³/mol. The molecule has 0 rings (SSSR count). The van der Waals surface area contributed by atoms with Gasteiger partial charge in [-0.25, -0.2) is 0 Å². The standard InChI is InChI=1S/C9H17ClN2O2/c1-11-8(13)5-3-2-4-6-12-9(14)7-10/h2-7H2,1H3,(H,11,13)(H,12,14). The van der Waals surface area contributed by atoms with E-state index in [1.165, 1.54) is 0 Å². The second kappa shape index (κ2) is 8.81. The van der Waals surface area contributed by atoms with E-state index < -0.39 is 0 Å². The topological polar surface area (TPSA) is 58.2 Å². The third-order valence-corrected chi connectivity index (χ3v) is 2.05. The van der Waals surface area contributed by atoms with Crippen LogP contribution in [-0.4, -0.2) is 31.3 Å². The number of carbonyl (C=O) groups excluding carboxylic acids is 2. The molecule has 82 valence electrons. The molecular weight excluding hydrogens is 204 g/mol. The fourth-order valence-electron chi connectivity index (χ4n) is 0.987. The summed E-state index contributed by atoms with van der Waals surface area (Å²) in [5, 5.41) is 5.22. The zero-order valence-electron chi connectivity index (χ0n) is 8.44. The van der Waals surface area contributed by atoms with Crippen molar-refractivity contribution in [1.29, 1.82) is 0 Å². The summed E-state index contributed by atoms with van der Waals surface area (Å²) in [5.41, 5.74) is 0. The molecule has 2 amide bonds. The summed E-state index contributed by atoms with van der Waals surface area (Å²) in [7, 11) is 1.63. The number of carbonyl (C=O) groups is 2. The van der Waals surface area contributed by atoms with Gasteiger partial charge >= 0.3 is 0 Å². The molecule has 0 aliphatic heterocycles. The average Bonchev–Trinajstić information content (AvgIpc) is 2.22. The molecule has 4 nitrogen and oxygen atoms in total. The Hall–Kier alpha value is -0.770. The van der Waals surface area contributed by atoms with Crippen molar-refractivity contribution < 1.29 is 9.59 Å². The summed E-state index contributed by atoms with van der Waals surface area (Å²) in [4.78, 5) is 21.5. The number of nitrogens with one attached hydrogen (secondary N) is 2. The van der Waals surface area contributed by atoms with Crippen LogP contribution in [-0.2, 0) is 9.59 Å². The van der Waals surface area contributed by atoms with Gasteiger partial charge in [-0.3, -0.25) is 9.59 Å². The maximum atomic E-state index is 10.8. The molecule has 0 aliphatic carbocycles. The van der Waals surface area contributed by atoms with E-state index >= 15 is 0 Å². The minimum absolute atomic E-state index is 0.0121. The van der Waals surface area contributed by atoms with E-state index in [9.17, 15) is 9.59 Å². The van der Waals surface area contributed by atoms with Crippen molar-refractivity contribution in [3.63, 3.8) is 0 Å². The first-order valence-electron chi connectivity index (χ1n) is 4.74. The molecule has 0 unspecified atom stereocenters. The lowest BCUT2D eigenvalue weighted by Crippen LogP contribution is -2.25. The van der Waals surface area contributed by atoms with Crippen LogP contribution in [0.2, 0.25) is 0 Å². The Bertz CT molecular complexity index is 166. The van der Waals surface area contributed by atoms with Crippen LogP contribution in [0, 0.1) is 0 Å². The summed E-state index contributed by atoms with van der Waals surface area (Å²) < 4.78 is 0. The Balaban J connectivity index is 3.14. The van der Waals surface area contributed by atoms with Crippen LogP contribution in [0.5, 0.6) is 0 Å². The molecule has 5 heteroatoms. The molecule has 0 aromatic rings.